The van der Waals surface area contributed by atoms with Crippen LogP contribution in [0.2, 0.25) is 0 Å². The molecule has 0 radical (unpaired) electrons. The maximum absolute atomic E-state index is 12.3. The summed E-state index contributed by atoms with van der Waals surface area (Å²) in [6.45, 7) is 3.61. The summed E-state index contributed by atoms with van der Waals surface area (Å²) in [5.74, 6) is 0.0481. The van der Waals surface area contributed by atoms with Gasteiger partial charge in [-0.05, 0) is 26.7 Å². The number of carbonyl (C=O) groups excluding carboxylic acids is 1. The van der Waals surface area contributed by atoms with Crippen LogP contribution in [0.5, 0.6) is 0 Å². The molecule has 1 rings (SSSR count). The predicted molar refractivity (Wildman–Crippen MR) is 70.2 cm³/mol. The van der Waals surface area contributed by atoms with Crippen LogP contribution in [0.25, 0.3) is 0 Å². The smallest absolute Gasteiger partial charge is 0.235 e. The second-order valence-electron chi connectivity index (χ2n) is 5.20. The van der Waals surface area contributed by atoms with E-state index >= 15 is 0 Å². The van der Waals surface area contributed by atoms with Crippen LogP contribution in [-0.4, -0.2) is 28.9 Å². The van der Waals surface area contributed by atoms with Crippen LogP contribution >= 0.6 is 12.2 Å². The molecule has 16 heavy (non-hydrogen) atoms. The van der Waals surface area contributed by atoms with Gasteiger partial charge in [-0.25, -0.2) is 0 Å². The third-order valence-corrected chi connectivity index (χ3v) is 4.10. The molecule has 0 aromatic rings. The molecule has 1 aliphatic carbocycles. The monoisotopic (exact) mass is 242 g/mol. The Morgan fingerprint density at radius 3 is 2.25 bits per heavy atom. The molecule has 1 amide bonds. The molecule has 0 heterocycles. The molecule has 0 bridgehead atoms. The zero-order valence-electron chi connectivity index (χ0n) is 10.5. The van der Waals surface area contributed by atoms with Crippen LogP contribution in [0.15, 0.2) is 0 Å². The van der Waals surface area contributed by atoms with Crippen molar-refractivity contribution in [3.8, 4) is 0 Å². The molecule has 2 N–H and O–H groups in total. The molecule has 1 aliphatic rings. The van der Waals surface area contributed by atoms with Crippen molar-refractivity contribution in [2.75, 3.05) is 7.05 Å². The van der Waals surface area contributed by atoms with E-state index in [2.05, 4.69) is 0 Å². The van der Waals surface area contributed by atoms with E-state index in [9.17, 15) is 4.79 Å². The molecule has 0 aromatic heterocycles. The Bertz CT molecular complexity index is 283. The number of rotatable bonds is 3. The molecule has 4 heteroatoms. The molecule has 0 spiro atoms. The summed E-state index contributed by atoms with van der Waals surface area (Å²) in [5, 5.41) is 0. The van der Waals surface area contributed by atoms with Crippen LogP contribution in [0.1, 0.15) is 46.0 Å². The first-order chi connectivity index (χ1) is 7.37. The first-order valence-electron chi connectivity index (χ1n) is 5.94. The van der Waals surface area contributed by atoms with Gasteiger partial charge in [0.15, 0.2) is 0 Å². The van der Waals surface area contributed by atoms with Crippen LogP contribution in [0, 0.1) is 5.41 Å². The standard InChI is InChI=1S/C12H22N2OS/c1-12(2,10(13)16)11(15)14(3)9-7-5-4-6-8-9/h9H,4-8H2,1-3H3,(H2,13,16). The topological polar surface area (TPSA) is 46.3 Å². The molecule has 0 aliphatic heterocycles. The van der Waals surface area contributed by atoms with E-state index in [0.29, 0.717) is 6.04 Å². The number of nitrogens with zero attached hydrogens (tertiary/aromatic N) is 1. The number of amides is 1. The van der Waals surface area contributed by atoms with Gasteiger partial charge in [-0.3, -0.25) is 4.79 Å². The van der Waals surface area contributed by atoms with Gasteiger partial charge in [-0.2, -0.15) is 0 Å². The molecular weight excluding hydrogens is 220 g/mol. The van der Waals surface area contributed by atoms with Gasteiger partial charge in [0.05, 0.1) is 10.4 Å². The largest absolute Gasteiger partial charge is 0.392 e. The molecule has 1 saturated carbocycles. The van der Waals surface area contributed by atoms with Crippen molar-refractivity contribution < 1.29 is 4.79 Å². The van der Waals surface area contributed by atoms with Gasteiger partial charge in [0.25, 0.3) is 0 Å². The van der Waals surface area contributed by atoms with E-state index in [1.54, 1.807) is 13.8 Å². The number of hydrogen-bond donors (Lipinski definition) is 1. The van der Waals surface area contributed by atoms with Crippen molar-refractivity contribution >= 4 is 23.1 Å². The second-order valence-corrected chi connectivity index (χ2v) is 5.64. The fraction of sp³-hybridized carbons (Fsp3) is 0.833. The Morgan fingerprint density at radius 2 is 1.81 bits per heavy atom. The lowest BCUT2D eigenvalue weighted by Gasteiger charge is -2.36. The van der Waals surface area contributed by atoms with Crippen molar-refractivity contribution in [3.05, 3.63) is 0 Å². The fourth-order valence-electron chi connectivity index (χ4n) is 2.18. The van der Waals surface area contributed by atoms with E-state index < -0.39 is 5.41 Å². The predicted octanol–water partition coefficient (Wildman–Crippen LogP) is 2.09. The van der Waals surface area contributed by atoms with Crippen molar-refractivity contribution in [3.63, 3.8) is 0 Å². The lowest BCUT2D eigenvalue weighted by Crippen LogP contribution is -2.49. The molecule has 3 nitrogen and oxygen atoms in total. The highest BCUT2D eigenvalue weighted by Gasteiger charge is 2.36. The SMILES string of the molecule is CN(C(=O)C(C)(C)C(N)=S)C1CCCCC1. The molecule has 0 atom stereocenters. The Morgan fingerprint density at radius 1 is 1.31 bits per heavy atom. The average Bonchev–Trinajstić information content (AvgIpc) is 2.28. The lowest BCUT2D eigenvalue weighted by molar-refractivity contribution is -0.138. The summed E-state index contributed by atoms with van der Waals surface area (Å²) >= 11 is 4.96. The fourth-order valence-corrected chi connectivity index (χ4v) is 2.27. The van der Waals surface area contributed by atoms with Gasteiger partial charge < -0.3 is 10.6 Å². The highest BCUT2D eigenvalue weighted by molar-refractivity contribution is 7.80. The summed E-state index contributed by atoms with van der Waals surface area (Å²) in [5.41, 5.74) is 4.90. The van der Waals surface area contributed by atoms with E-state index in [1.165, 1.54) is 19.3 Å². The van der Waals surface area contributed by atoms with Crippen molar-refractivity contribution in [1.82, 2.24) is 4.90 Å². The van der Waals surface area contributed by atoms with Crippen LogP contribution in [0.3, 0.4) is 0 Å². The van der Waals surface area contributed by atoms with Gasteiger partial charge >= 0.3 is 0 Å². The van der Waals surface area contributed by atoms with Crippen LogP contribution in [0.4, 0.5) is 0 Å². The summed E-state index contributed by atoms with van der Waals surface area (Å²) < 4.78 is 0. The summed E-state index contributed by atoms with van der Waals surface area (Å²) in [6.07, 6.45) is 5.94. The summed E-state index contributed by atoms with van der Waals surface area (Å²) in [6, 6.07) is 0.370. The number of hydrogen-bond acceptors (Lipinski definition) is 2. The third-order valence-electron chi connectivity index (χ3n) is 3.59. The number of nitrogens with two attached hydrogens (primary N) is 1. The first-order valence-corrected chi connectivity index (χ1v) is 6.35. The van der Waals surface area contributed by atoms with Crippen molar-refractivity contribution in [2.45, 2.75) is 52.0 Å². The van der Waals surface area contributed by atoms with Gasteiger partial charge in [-0.15, -0.1) is 0 Å². The highest BCUT2D eigenvalue weighted by atomic mass is 32.1. The molecule has 0 saturated heterocycles. The average molecular weight is 242 g/mol. The maximum Gasteiger partial charge on any atom is 0.235 e. The Labute approximate surface area is 103 Å². The van der Waals surface area contributed by atoms with Crippen molar-refractivity contribution in [1.29, 1.82) is 0 Å². The van der Waals surface area contributed by atoms with Gasteiger partial charge in [0.1, 0.15) is 0 Å². The summed E-state index contributed by atoms with van der Waals surface area (Å²) in [7, 11) is 1.87. The van der Waals surface area contributed by atoms with Crippen LogP contribution in [-0.2, 0) is 4.79 Å². The molecule has 0 unspecified atom stereocenters. The van der Waals surface area contributed by atoms with E-state index in [-0.39, 0.29) is 10.9 Å². The van der Waals surface area contributed by atoms with E-state index in [1.807, 2.05) is 11.9 Å². The molecular formula is C12H22N2OS. The van der Waals surface area contributed by atoms with E-state index in [0.717, 1.165) is 12.8 Å². The van der Waals surface area contributed by atoms with Gasteiger partial charge in [0.2, 0.25) is 5.91 Å². The normalized spacial score (nSPS) is 18.2. The number of carbonyl (C=O) groups is 1. The highest BCUT2D eigenvalue weighted by Crippen LogP contribution is 2.26. The second kappa shape index (κ2) is 5.13. The third kappa shape index (κ3) is 2.73. The van der Waals surface area contributed by atoms with Crippen molar-refractivity contribution in [2.24, 2.45) is 11.1 Å². The molecule has 0 aromatic carbocycles. The Kier molecular flexibility index (Phi) is 4.30. The minimum absolute atomic E-state index is 0.0481. The summed E-state index contributed by atoms with van der Waals surface area (Å²) in [4.78, 5) is 14.4. The Balaban J connectivity index is 2.69. The Hall–Kier alpha value is -0.640. The van der Waals surface area contributed by atoms with Gasteiger partial charge in [-0.1, -0.05) is 31.5 Å². The zero-order valence-corrected chi connectivity index (χ0v) is 11.3. The molecule has 1 fully saturated rings. The quantitative estimate of drug-likeness (QED) is 0.771. The minimum atomic E-state index is -0.721. The number of thiocarbonyl (C=S) groups is 1. The minimum Gasteiger partial charge on any atom is -0.392 e. The first kappa shape index (κ1) is 13.4. The lowest BCUT2D eigenvalue weighted by atomic mass is 9.88. The molecule has 92 valence electrons. The van der Waals surface area contributed by atoms with E-state index in [4.69, 9.17) is 18.0 Å². The maximum atomic E-state index is 12.3. The zero-order chi connectivity index (χ0) is 12.3. The van der Waals surface area contributed by atoms with Gasteiger partial charge in [0, 0.05) is 13.1 Å². The van der Waals surface area contributed by atoms with Crippen LogP contribution < -0.4 is 5.73 Å².